The number of rotatable bonds is 5. The summed E-state index contributed by atoms with van der Waals surface area (Å²) in [5, 5.41) is 13.5. The van der Waals surface area contributed by atoms with Crippen LogP contribution in [0.25, 0.3) is 0 Å². The van der Waals surface area contributed by atoms with E-state index in [0.29, 0.717) is 16.5 Å². The molecule has 0 aliphatic heterocycles. The molecule has 2 N–H and O–H groups in total. The number of carbonyl (C=O) groups excluding carboxylic acids is 2. The van der Waals surface area contributed by atoms with E-state index in [4.69, 9.17) is 16.3 Å². The van der Waals surface area contributed by atoms with Gasteiger partial charge in [-0.2, -0.15) is 9.90 Å². The number of nitrogens with one attached hydrogen (secondary N) is 2. The third-order valence-electron chi connectivity index (χ3n) is 2.90. The van der Waals surface area contributed by atoms with E-state index in [-0.39, 0.29) is 24.3 Å². The van der Waals surface area contributed by atoms with E-state index in [2.05, 4.69) is 20.8 Å². The van der Waals surface area contributed by atoms with Crippen LogP contribution in [0.2, 0.25) is 5.02 Å². The number of anilines is 2. The molecule has 1 aromatic carbocycles. The number of aromatic nitrogens is 3. The fourth-order valence-electron chi connectivity index (χ4n) is 1.73. The number of amides is 3. The highest BCUT2D eigenvalue weighted by molar-refractivity contribution is 6.32. The molecule has 0 saturated carbocycles. The highest BCUT2D eigenvalue weighted by atomic mass is 35.5. The van der Waals surface area contributed by atoms with Crippen molar-refractivity contribution in [3.8, 4) is 5.75 Å². The van der Waals surface area contributed by atoms with Crippen LogP contribution in [0.15, 0.2) is 24.4 Å². The molecule has 0 radical (unpaired) electrons. The fraction of sp³-hybridized carbons (Fsp3) is 0.286. The van der Waals surface area contributed by atoms with Gasteiger partial charge < -0.3 is 15.0 Å². The number of nitrogens with zero attached hydrogens (tertiary/aromatic N) is 4. The van der Waals surface area contributed by atoms with Crippen LogP contribution in [0.1, 0.15) is 0 Å². The molecule has 0 aliphatic carbocycles. The molecule has 2 aromatic rings. The first kappa shape index (κ1) is 17.5. The fourth-order valence-corrected chi connectivity index (χ4v) is 1.98. The number of hydrogen-bond acceptors (Lipinski definition) is 5. The average Bonchev–Trinajstić information content (AvgIpc) is 2.94. The van der Waals surface area contributed by atoms with Gasteiger partial charge in [0.2, 0.25) is 5.91 Å². The van der Waals surface area contributed by atoms with Gasteiger partial charge in [-0.15, -0.1) is 5.10 Å². The van der Waals surface area contributed by atoms with Crippen LogP contribution in [-0.4, -0.2) is 53.0 Å². The Morgan fingerprint density at radius 3 is 2.71 bits per heavy atom. The summed E-state index contributed by atoms with van der Waals surface area (Å²) in [4.78, 5) is 26.0. The second-order valence-corrected chi connectivity index (χ2v) is 5.39. The van der Waals surface area contributed by atoms with Gasteiger partial charge in [0, 0.05) is 19.8 Å². The summed E-state index contributed by atoms with van der Waals surface area (Å²) in [5.41, 5.74) is 0.527. The summed E-state index contributed by atoms with van der Waals surface area (Å²) in [5.74, 6) is 0.441. The monoisotopic (exact) mass is 352 g/mol. The molecule has 128 valence electrons. The van der Waals surface area contributed by atoms with E-state index < -0.39 is 0 Å². The summed E-state index contributed by atoms with van der Waals surface area (Å²) in [6.45, 7) is -0.110. The van der Waals surface area contributed by atoms with Gasteiger partial charge in [-0.25, -0.2) is 4.79 Å². The van der Waals surface area contributed by atoms with Crippen LogP contribution < -0.4 is 15.4 Å². The number of urea groups is 1. The molecular weight excluding hydrogens is 336 g/mol. The number of benzene rings is 1. The number of methoxy groups -OCH3 is 1. The average molecular weight is 353 g/mol. The lowest BCUT2D eigenvalue weighted by atomic mass is 10.3. The lowest BCUT2D eigenvalue weighted by Gasteiger charge is -2.09. The van der Waals surface area contributed by atoms with Crippen molar-refractivity contribution in [3.63, 3.8) is 0 Å². The van der Waals surface area contributed by atoms with Crippen LogP contribution in [-0.2, 0) is 11.3 Å². The normalized spacial score (nSPS) is 10.2. The Kier molecular flexibility index (Phi) is 5.59. The van der Waals surface area contributed by atoms with Gasteiger partial charge in [-0.05, 0) is 18.2 Å². The van der Waals surface area contributed by atoms with Gasteiger partial charge in [-0.1, -0.05) is 11.6 Å². The molecule has 24 heavy (non-hydrogen) atoms. The largest absolute Gasteiger partial charge is 0.495 e. The van der Waals surface area contributed by atoms with Gasteiger partial charge in [0.15, 0.2) is 5.82 Å². The van der Waals surface area contributed by atoms with E-state index in [1.165, 1.54) is 23.0 Å². The Hall–Kier alpha value is -2.81. The smallest absolute Gasteiger partial charge is 0.322 e. The van der Waals surface area contributed by atoms with E-state index in [1.54, 1.807) is 32.3 Å². The highest BCUT2D eigenvalue weighted by Gasteiger charge is 2.10. The predicted molar refractivity (Wildman–Crippen MR) is 89.4 cm³/mol. The molecule has 1 aromatic heterocycles. The summed E-state index contributed by atoms with van der Waals surface area (Å²) in [6, 6.07) is 4.57. The second kappa shape index (κ2) is 7.64. The van der Waals surface area contributed by atoms with Crippen LogP contribution >= 0.6 is 11.6 Å². The molecule has 0 fully saturated rings. The zero-order chi connectivity index (χ0) is 17.7. The Morgan fingerprint density at radius 1 is 1.33 bits per heavy atom. The minimum Gasteiger partial charge on any atom is -0.495 e. The predicted octanol–water partition coefficient (Wildman–Crippen LogP) is 1.67. The SMILES string of the molecule is COc1ccc(NC(=O)Cn2ncc(NC(=O)N(C)C)n2)cc1Cl. The Balaban J connectivity index is 1.94. The van der Waals surface area contributed by atoms with E-state index >= 15 is 0 Å². The van der Waals surface area contributed by atoms with Gasteiger partial charge >= 0.3 is 6.03 Å². The second-order valence-electron chi connectivity index (χ2n) is 4.98. The van der Waals surface area contributed by atoms with Crippen molar-refractivity contribution < 1.29 is 14.3 Å². The van der Waals surface area contributed by atoms with Crippen LogP contribution in [0, 0.1) is 0 Å². The first-order chi connectivity index (χ1) is 11.4. The molecule has 0 spiro atoms. The first-order valence-corrected chi connectivity index (χ1v) is 7.28. The Morgan fingerprint density at radius 2 is 2.08 bits per heavy atom. The van der Waals surface area contributed by atoms with Gasteiger partial charge in [-0.3, -0.25) is 10.1 Å². The van der Waals surface area contributed by atoms with Crippen LogP contribution in [0.4, 0.5) is 16.3 Å². The van der Waals surface area contributed by atoms with Gasteiger partial charge in [0.05, 0.1) is 18.3 Å². The topological polar surface area (TPSA) is 101 Å². The third kappa shape index (κ3) is 4.59. The summed E-state index contributed by atoms with van der Waals surface area (Å²) >= 11 is 6.00. The van der Waals surface area contributed by atoms with Gasteiger partial charge in [0.1, 0.15) is 12.3 Å². The molecule has 0 aliphatic rings. The molecule has 9 nitrogen and oxygen atoms in total. The summed E-state index contributed by atoms with van der Waals surface area (Å²) < 4.78 is 5.05. The van der Waals surface area contributed by atoms with Crippen molar-refractivity contribution in [3.05, 3.63) is 29.4 Å². The lowest BCUT2D eigenvalue weighted by molar-refractivity contribution is -0.117. The van der Waals surface area contributed by atoms with Crippen molar-refractivity contribution in [1.82, 2.24) is 19.9 Å². The molecular formula is C14H17ClN6O3. The quantitative estimate of drug-likeness (QED) is 0.852. The zero-order valence-electron chi connectivity index (χ0n) is 13.4. The van der Waals surface area contributed by atoms with E-state index in [0.717, 1.165) is 0 Å². The molecule has 0 bridgehead atoms. The standard InChI is InChI=1S/C14H17ClN6O3/c1-20(2)14(23)18-12-7-16-21(19-12)8-13(22)17-9-4-5-11(24-3)10(15)6-9/h4-7H,8H2,1-3H3,(H,17,22)(H,18,19,23). The van der Waals surface area contributed by atoms with Crippen LogP contribution in [0.3, 0.4) is 0 Å². The minimum absolute atomic E-state index is 0.110. The van der Waals surface area contributed by atoms with Gasteiger partial charge in [0.25, 0.3) is 0 Å². The number of halogens is 1. The maximum absolute atomic E-state index is 12.0. The van der Waals surface area contributed by atoms with Crippen molar-refractivity contribution >= 4 is 35.0 Å². The Bertz CT molecular complexity index is 746. The minimum atomic E-state index is -0.336. The van der Waals surface area contributed by atoms with Crippen molar-refractivity contribution in [2.24, 2.45) is 0 Å². The molecule has 0 atom stereocenters. The number of ether oxygens (including phenoxy) is 1. The maximum Gasteiger partial charge on any atom is 0.322 e. The summed E-state index contributed by atoms with van der Waals surface area (Å²) in [6.07, 6.45) is 1.36. The first-order valence-electron chi connectivity index (χ1n) is 6.91. The Labute approximate surface area is 143 Å². The highest BCUT2D eigenvalue weighted by Crippen LogP contribution is 2.27. The molecule has 2 rings (SSSR count). The summed E-state index contributed by atoms with van der Waals surface area (Å²) in [7, 11) is 4.72. The van der Waals surface area contributed by atoms with Crippen molar-refractivity contribution in [1.29, 1.82) is 0 Å². The van der Waals surface area contributed by atoms with Crippen molar-refractivity contribution in [2.75, 3.05) is 31.8 Å². The van der Waals surface area contributed by atoms with E-state index in [1.807, 2.05) is 0 Å². The lowest BCUT2D eigenvalue weighted by Crippen LogP contribution is -2.27. The third-order valence-corrected chi connectivity index (χ3v) is 3.19. The molecule has 0 saturated heterocycles. The molecule has 0 unspecified atom stereocenters. The number of hydrogen-bond donors (Lipinski definition) is 2. The molecule has 10 heteroatoms. The maximum atomic E-state index is 12.0. The molecule has 3 amide bonds. The molecule has 1 heterocycles. The van der Waals surface area contributed by atoms with Crippen molar-refractivity contribution in [2.45, 2.75) is 6.54 Å². The number of carbonyl (C=O) groups is 2. The van der Waals surface area contributed by atoms with Crippen LogP contribution in [0.5, 0.6) is 5.75 Å². The zero-order valence-corrected chi connectivity index (χ0v) is 14.2. The van der Waals surface area contributed by atoms with E-state index in [9.17, 15) is 9.59 Å².